The first-order valence-electron chi connectivity index (χ1n) is 11.4. The molecule has 0 spiro atoms. The van der Waals surface area contributed by atoms with Gasteiger partial charge in [-0.1, -0.05) is 38.8 Å². The SMILES string of the molecule is Cc1cccc(NC(=O)CN2CCN(CC(=O)N[C@H]3CCC[C@@H](C)[C@@H]3C)CC2)c1C. The summed E-state index contributed by atoms with van der Waals surface area (Å²) in [5.74, 6) is 1.40. The normalized spacial score (nSPS) is 25.7. The van der Waals surface area contributed by atoms with Crippen molar-refractivity contribution >= 4 is 17.5 Å². The highest BCUT2D eigenvalue weighted by Gasteiger charge is 2.29. The van der Waals surface area contributed by atoms with E-state index in [2.05, 4.69) is 47.3 Å². The van der Waals surface area contributed by atoms with Crippen LogP contribution < -0.4 is 10.6 Å². The van der Waals surface area contributed by atoms with E-state index < -0.39 is 0 Å². The Morgan fingerprint density at radius 3 is 2.27 bits per heavy atom. The molecule has 30 heavy (non-hydrogen) atoms. The van der Waals surface area contributed by atoms with Gasteiger partial charge >= 0.3 is 0 Å². The van der Waals surface area contributed by atoms with Crippen LogP contribution in [0.4, 0.5) is 5.69 Å². The van der Waals surface area contributed by atoms with Gasteiger partial charge in [-0.2, -0.15) is 0 Å². The number of aryl methyl sites for hydroxylation is 1. The summed E-state index contributed by atoms with van der Waals surface area (Å²) in [5, 5.41) is 6.31. The van der Waals surface area contributed by atoms with Crippen LogP contribution in [0.1, 0.15) is 44.2 Å². The molecule has 0 aromatic heterocycles. The van der Waals surface area contributed by atoms with Crippen LogP contribution in [-0.4, -0.2) is 66.9 Å². The van der Waals surface area contributed by atoms with Crippen LogP contribution in [0.5, 0.6) is 0 Å². The molecule has 1 aromatic carbocycles. The summed E-state index contributed by atoms with van der Waals surface area (Å²) in [7, 11) is 0. The van der Waals surface area contributed by atoms with Crippen LogP contribution in [0.2, 0.25) is 0 Å². The van der Waals surface area contributed by atoms with Gasteiger partial charge in [0.2, 0.25) is 11.8 Å². The molecule has 1 saturated heterocycles. The molecule has 1 heterocycles. The lowest BCUT2D eigenvalue weighted by Gasteiger charge is -2.36. The molecule has 1 saturated carbocycles. The summed E-state index contributed by atoms with van der Waals surface area (Å²) in [6.45, 7) is 12.7. The lowest BCUT2D eigenvalue weighted by Crippen LogP contribution is -2.52. The largest absolute Gasteiger partial charge is 0.352 e. The quantitative estimate of drug-likeness (QED) is 0.751. The zero-order valence-corrected chi connectivity index (χ0v) is 19.0. The van der Waals surface area contributed by atoms with Crippen molar-refractivity contribution in [3.05, 3.63) is 29.3 Å². The number of carbonyl (C=O) groups is 2. The van der Waals surface area contributed by atoms with Gasteiger partial charge in [0, 0.05) is 37.9 Å². The third kappa shape index (κ3) is 6.05. The Balaban J connectivity index is 1.38. The van der Waals surface area contributed by atoms with Crippen molar-refractivity contribution < 1.29 is 9.59 Å². The van der Waals surface area contributed by atoms with E-state index in [-0.39, 0.29) is 11.8 Å². The number of carbonyl (C=O) groups excluding carboxylic acids is 2. The minimum absolute atomic E-state index is 0.0234. The number of hydrogen-bond donors (Lipinski definition) is 2. The average Bonchev–Trinajstić information content (AvgIpc) is 2.70. The molecule has 166 valence electrons. The Hall–Kier alpha value is -1.92. The fourth-order valence-corrected chi connectivity index (χ4v) is 4.63. The maximum atomic E-state index is 12.5. The van der Waals surface area contributed by atoms with Crippen LogP contribution in [0.25, 0.3) is 0 Å². The molecule has 2 aliphatic rings. The van der Waals surface area contributed by atoms with Crippen LogP contribution in [0.3, 0.4) is 0 Å². The smallest absolute Gasteiger partial charge is 0.238 e. The Kier molecular flexibility index (Phi) is 7.89. The van der Waals surface area contributed by atoms with E-state index in [4.69, 9.17) is 0 Å². The van der Waals surface area contributed by atoms with E-state index in [1.807, 2.05) is 19.1 Å². The number of amides is 2. The van der Waals surface area contributed by atoms with Crippen molar-refractivity contribution in [2.75, 3.05) is 44.6 Å². The van der Waals surface area contributed by atoms with Gasteiger partial charge in [0.25, 0.3) is 0 Å². The van der Waals surface area contributed by atoms with E-state index in [0.717, 1.165) is 43.9 Å². The molecule has 1 aliphatic heterocycles. The summed E-state index contributed by atoms with van der Waals surface area (Å²) < 4.78 is 0. The van der Waals surface area contributed by atoms with Gasteiger partial charge in [-0.3, -0.25) is 19.4 Å². The van der Waals surface area contributed by atoms with Crippen LogP contribution in [0.15, 0.2) is 18.2 Å². The lowest BCUT2D eigenvalue weighted by atomic mass is 9.78. The molecule has 2 fully saturated rings. The number of benzene rings is 1. The van der Waals surface area contributed by atoms with E-state index >= 15 is 0 Å². The molecule has 0 radical (unpaired) electrons. The maximum absolute atomic E-state index is 12.5. The predicted molar refractivity (Wildman–Crippen MR) is 122 cm³/mol. The first-order chi connectivity index (χ1) is 14.3. The number of piperazine rings is 1. The lowest BCUT2D eigenvalue weighted by molar-refractivity contribution is -0.124. The van der Waals surface area contributed by atoms with E-state index in [0.29, 0.717) is 31.0 Å². The average molecular weight is 415 g/mol. The van der Waals surface area contributed by atoms with Gasteiger partial charge in [0.05, 0.1) is 13.1 Å². The molecule has 1 aliphatic carbocycles. The number of hydrogen-bond acceptors (Lipinski definition) is 4. The minimum atomic E-state index is 0.0234. The third-order valence-corrected chi connectivity index (χ3v) is 7.13. The minimum Gasteiger partial charge on any atom is -0.352 e. The molecule has 3 atom stereocenters. The number of nitrogens with one attached hydrogen (secondary N) is 2. The first-order valence-corrected chi connectivity index (χ1v) is 11.4. The van der Waals surface area contributed by atoms with E-state index in [1.54, 1.807) is 0 Å². The molecule has 6 nitrogen and oxygen atoms in total. The van der Waals surface area contributed by atoms with Crippen LogP contribution in [-0.2, 0) is 9.59 Å². The Morgan fingerprint density at radius 1 is 0.967 bits per heavy atom. The molecule has 0 unspecified atom stereocenters. The Morgan fingerprint density at radius 2 is 1.60 bits per heavy atom. The molecule has 0 bridgehead atoms. The van der Waals surface area contributed by atoms with Crippen molar-refractivity contribution in [3.8, 4) is 0 Å². The number of rotatable bonds is 6. The second kappa shape index (κ2) is 10.4. The summed E-state index contributed by atoms with van der Waals surface area (Å²) in [4.78, 5) is 29.3. The zero-order chi connectivity index (χ0) is 21.7. The molecule has 2 amide bonds. The van der Waals surface area contributed by atoms with Crippen molar-refractivity contribution in [2.24, 2.45) is 11.8 Å². The second-order valence-electron chi connectivity index (χ2n) is 9.29. The first kappa shape index (κ1) is 22.8. The highest BCUT2D eigenvalue weighted by atomic mass is 16.2. The Bertz CT molecular complexity index is 743. The van der Waals surface area contributed by atoms with Crippen LogP contribution in [0, 0.1) is 25.7 Å². The fraction of sp³-hybridized carbons (Fsp3) is 0.667. The van der Waals surface area contributed by atoms with Gasteiger partial charge < -0.3 is 10.6 Å². The summed E-state index contributed by atoms with van der Waals surface area (Å²) >= 11 is 0. The topological polar surface area (TPSA) is 64.7 Å². The Labute approximate surface area is 181 Å². The summed E-state index contributed by atoms with van der Waals surface area (Å²) in [6.07, 6.45) is 3.58. The van der Waals surface area contributed by atoms with Crippen molar-refractivity contribution in [3.63, 3.8) is 0 Å². The monoisotopic (exact) mass is 414 g/mol. The fourth-order valence-electron chi connectivity index (χ4n) is 4.63. The van der Waals surface area contributed by atoms with Gasteiger partial charge in [-0.15, -0.1) is 0 Å². The van der Waals surface area contributed by atoms with Crippen molar-refractivity contribution in [2.45, 2.75) is 53.0 Å². The summed E-state index contributed by atoms with van der Waals surface area (Å²) in [6, 6.07) is 6.29. The third-order valence-electron chi connectivity index (χ3n) is 7.13. The zero-order valence-electron chi connectivity index (χ0n) is 19.0. The van der Waals surface area contributed by atoms with Gasteiger partial charge in [-0.05, 0) is 49.3 Å². The molecule has 6 heteroatoms. The highest BCUT2D eigenvalue weighted by Crippen LogP contribution is 2.29. The van der Waals surface area contributed by atoms with Crippen molar-refractivity contribution in [1.82, 2.24) is 15.1 Å². The second-order valence-corrected chi connectivity index (χ2v) is 9.29. The maximum Gasteiger partial charge on any atom is 0.238 e. The molecule has 3 rings (SSSR count). The van der Waals surface area contributed by atoms with Gasteiger partial charge in [0.15, 0.2) is 0 Å². The summed E-state index contributed by atoms with van der Waals surface area (Å²) in [5.41, 5.74) is 3.18. The predicted octanol–water partition coefficient (Wildman–Crippen LogP) is 2.80. The number of anilines is 1. The van der Waals surface area contributed by atoms with E-state index in [9.17, 15) is 9.59 Å². The van der Waals surface area contributed by atoms with Crippen molar-refractivity contribution in [1.29, 1.82) is 0 Å². The van der Waals surface area contributed by atoms with E-state index in [1.165, 1.54) is 18.4 Å². The standard InChI is InChI=1S/C24H38N4O2/c1-17-7-5-9-21(19(17)3)25-23(29)15-27-11-13-28(14-12-27)16-24(30)26-22-10-6-8-18(2)20(22)4/h5,7,9,18,20,22H,6,8,10-16H2,1-4H3,(H,25,29)(H,26,30)/t18-,20+,22+/m1/s1. The molecule has 2 N–H and O–H groups in total. The van der Waals surface area contributed by atoms with Gasteiger partial charge in [0.1, 0.15) is 0 Å². The van der Waals surface area contributed by atoms with Gasteiger partial charge in [-0.25, -0.2) is 0 Å². The number of nitrogens with zero attached hydrogens (tertiary/aromatic N) is 2. The van der Waals surface area contributed by atoms with Crippen LogP contribution >= 0.6 is 0 Å². The molecular formula is C24H38N4O2. The molecular weight excluding hydrogens is 376 g/mol. The highest BCUT2D eigenvalue weighted by molar-refractivity contribution is 5.93. The molecule has 1 aromatic rings.